The molecule has 246 valence electrons. The fourth-order valence-electron chi connectivity index (χ4n) is 12.8. The summed E-state index contributed by atoms with van der Waals surface area (Å²) in [7, 11) is -1.12. The molecule has 0 fully saturated rings. The molecule has 0 amide bonds. The molecule has 5 aromatic carbocycles. The van der Waals surface area contributed by atoms with Crippen molar-refractivity contribution in [1.82, 2.24) is 0 Å². The monoisotopic (exact) mass is 674 g/mol. The first-order valence-electron chi connectivity index (χ1n) is 18.3. The lowest BCUT2D eigenvalue weighted by Gasteiger charge is -2.32. The fourth-order valence-corrected chi connectivity index (χ4v) is 13.5. The molecule has 1 N–H and O–H groups in total. The Hall–Kier alpha value is -4.15. The van der Waals surface area contributed by atoms with Crippen LogP contribution in [0.4, 0.5) is 0 Å². The number of aromatic hydroxyl groups is 1. The summed E-state index contributed by atoms with van der Waals surface area (Å²) < 4.78 is 31.3. The number of phenols is 1. The van der Waals surface area contributed by atoms with Crippen LogP contribution in [0.15, 0.2) is 72.8 Å². The van der Waals surface area contributed by atoms with Crippen molar-refractivity contribution in [3.05, 3.63) is 162 Å². The fraction of sp³-hybridized carbons (Fsp3) is 0.318. The number of rotatable bonds is 4. The highest BCUT2D eigenvalue weighted by Crippen LogP contribution is 2.72. The second kappa shape index (κ2) is 8.83. The van der Waals surface area contributed by atoms with Gasteiger partial charge in [0.25, 0.3) is 0 Å². The summed E-state index contributed by atoms with van der Waals surface area (Å²) in [5.41, 5.74) is 21.1. The Morgan fingerprint density at radius 1 is 0.480 bits per heavy atom. The Labute approximate surface area is 290 Å². The maximum Gasteiger partial charge on any atom is 0.529 e. The van der Waals surface area contributed by atoms with Gasteiger partial charge in [0.05, 0.1) is 0 Å². The van der Waals surface area contributed by atoms with Crippen molar-refractivity contribution in [3.63, 3.8) is 0 Å². The number of hydrogen-bond acceptors (Lipinski definition) is 5. The van der Waals surface area contributed by atoms with Crippen molar-refractivity contribution in [1.29, 1.82) is 0 Å². The van der Waals surface area contributed by atoms with Gasteiger partial charge >= 0.3 is 7.82 Å². The van der Waals surface area contributed by atoms with E-state index in [9.17, 15) is 9.67 Å². The van der Waals surface area contributed by atoms with E-state index in [0.29, 0.717) is 35.2 Å². The largest absolute Gasteiger partial charge is 0.529 e. The normalized spacial score (nSPS) is 29.4. The maximum atomic E-state index is 13.9. The summed E-state index contributed by atoms with van der Waals surface area (Å²) in [5, 5.41) is 12.5. The number of benzene rings is 5. The van der Waals surface area contributed by atoms with Crippen molar-refractivity contribution >= 4 is 7.82 Å². The Balaban J connectivity index is 0.999. The standard InChI is InChI=1S/C44H35O5P/c1-47-50(46,48-2)49-44-41-37-17-35(31-13-27-23-11-25(29(27)15-33(31)37)21-9-5-3-7-19(21)23)39(41)43(45)40-36-18-38(42(40)44)34-16-30-26-12-24(28(30)14-32(34)36)20-8-4-6-10-22(20)26/h3-10,13-16,23-26,35-38,45H,11-12,17-18H2,1-2H3/t23-,24+,25+,26-,35-,36+,37+,38-. The molecule has 13 rings (SSSR count). The van der Waals surface area contributed by atoms with Gasteiger partial charge in [0.2, 0.25) is 0 Å². The van der Waals surface area contributed by atoms with E-state index in [0.717, 1.165) is 47.9 Å². The number of phosphoric acid groups is 1. The van der Waals surface area contributed by atoms with Crippen LogP contribution in [0.25, 0.3) is 0 Å². The maximum absolute atomic E-state index is 13.9. The lowest BCUT2D eigenvalue weighted by Crippen LogP contribution is -2.15. The van der Waals surface area contributed by atoms with E-state index in [1.807, 2.05) is 0 Å². The molecule has 0 spiro atoms. The third-order valence-corrected chi connectivity index (χ3v) is 15.9. The highest BCUT2D eigenvalue weighted by molar-refractivity contribution is 7.48. The van der Waals surface area contributed by atoms with E-state index in [4.69, 9.17) is 13.6 Å². The summed E-state index contributed by atoms with van der Waals surface area (Å²) >= 11 is 0. The third kappa shape index (κ3) is 2.96. The first-order chi connectivity index (χ1) is 24.5. The molecule has 50 heavy (non-hydrogen) atoms. The van der Waals surface area contributed by atoms with Crippen LogP contribution in [0.1, 0.15) is 162 Å². The molecule has 0 saturated heterocycles. The van der Waals surface area contributed by atoms with Crippen LogP contribution in [-0.4, -0.2) is 19.3 Å². The van der Waals surface area contributed by atoms with Crippen LogP contribution in [0.2, 0.25) is 0 Å². The lowest BCUT2D eigenvalue weighted by atomic mass is 9.74. The summed E-state index contributed by atoms with van der Waals surface area (Å²) in [6.07, 6.45) is 4.09. The van der Waals surface area contributed by atoms with Crippen molar-refractivity contribution in [2.24, 2.45) is 0 Å². The molecule has 8 bridgehead atoms. The van der Waals surface area contributed by atoms with Crippen LogP contribution >= 0.6 is 7.82 Å². The highest BCUT2D eigenvalue weighted by atomic mass is 31.2. The van der Waals surface area contributed by atoms with E-state index >= 15 is 0 Å². The Bertz CT molecular complexity index is 2350. The van der Waals surface area contributed by atoms with E-state index in [2.05, 4.69) is 72.8 Å². The van der Waals surface area contributed by atoms with Gasteiger partial charge in [0.15, 0.2) is 0 Å². The van der Waals surface area contributed by atoms with E-state index in [1.54, 1.807) is 0 Å². The summed E-state index contributed by atoms with van der Waals surface area (Å²) in [4.78, 5) is 0. The van der Waals surface area contributed by atoms with Crippen LogP contribution in [0.5, 0.6) is 11.5 Å². The number of phosphoric ester groups is 1. The molecule has 8 aliphatic carbocycles. The van der Waals surface area contributed by atoms with Gasteiger partial charge in [-0.2, -0.15) is 0 Å². The van der Waals surface area contributed by atoms with Crippen molar-refractivity contribution in [2.75, 3.05) is 14.2 Å². The SMILES string of the molecule is COP(=O)(OC)Oc1c2c(c(O)c3c1[C@H]1C[C@@H]3c3cc4c(cc31)[C@H]1C[C@@H]4c3ccccc31)[C@H]1C[C@@H]2c2cc3c(cc21)[C@H]1C[C@@H]3c2ccccc21. The predicted octanol–water partition coefficient (Wildman–Crippen LogP) is 10.1. The number of phenolic OH excluding ortho intramolecular Hbond substituents is 1. The van der Waals surface area contributed by atoms with Gasteiger partial charge < -0.3 is 9.63 Å². The van der Waals surface area contributed by atoms with Crippen LogP contribution in [-0.2, 0) is 13.6 Å². The van der Waals surface area contributed by atoms with Crippen LogP contribution < -0.4 is 4.52 Å². The quantitative estimate of drug-likeness (QED) is 0.192. The van der Waals surface area contributed by atoms with Crippen molar-refractivity contribution < 1.29 is 23.2 Å². The molecule has 5 aromatic rings. The smallest absolute Gasteiger partial charge is 0.507 e. The van der Waals surface area contributed by atoms with Gasteiger partial charge in [-0.05, 0) is 92.4 Å². The van der Waals surface area contributed by atoms with E-state index in [-0.39, 0.29) is 23.7 Å². The minimum absolute atomic E-state index is 0.0592. The topological polar surface area (TPSA) is 65.0 Å². The Kier molecular flexibility index (Phi) is 4.86. The van der Waals surface area contributed by atoms with Gasteiger partial charge in [-0.15, -0.1) is 0 Å². The number of fused-ring (bicyclic) bond motifs is 32. The molecular weight excluding hydrogens is 639 g/mol. The second-order valence-corrected chi connectivity index (χ2v) is 17.9. The first kappa shape index (κ1) is 27.6. The zero-order chi connectivity index (χ0) is 32.9. The molecule has 0 aliphatic heterocycles. The molecule has 0 saturated carbocycles. The van der Waals surface area contributed by atoms with Gasteiger partial charge in [-0.1, -0.05) is 72.8 Å². The average Bonchev–Trinajstić information content (AvgIpc) is 4.02. The second-order valence-electron chi connectivity index (χ2n) is 16.1. The van der Waals surface area contributed by atoms with E-state index in [1.165, 1.54) is 81.0 Å². The van der Waals surface area contributed by atoms with Crippen molar-refractivity contribution in [3.8, 4) is 11.5 Å². The molecular formula is C44H35O5P. The number of hydrogen-bond donors (Lipinski definition) is 1. The summed E-state index contributed by atoms with van der Waals surface area (Å²) in [6, 6.07) is 27.9. The predicted molar refractivity (Wildman–Crippen MR) is 189 cm³/mol. The minimum atomic E-state index is -3.89. The molecule has 0 heterocycles. The average molecular weight is 675 g/mol. The minimum Gasteiger partial charge on any atom is -0.507 e. The molecule has 0 radical (unpaired) electrons. The van der Waals surface area contributed by atoms with Crippen molar-refractivity contribution in [2.45, 2.75) is 73.0 Å². The third-order valence-electron chi connectivity index (χ3n) is 14.6. The molecule has 8 atom stereocenters. The zero-order valence-electron chi connectivity index (χ0n) is 27.9. The first-order valence-corrected chi connectivity index (χ1v) is 19.8. The molecule has 8 aliphatic rings. The Morgan fingerprint density at radius 3 is 1.12 bits per heavy atom. The molecule has 0 unspecified atom stereocenters. The van der Waals surface area contributed by atoms with E-state index < -0.39 is 7.82 Å². The molecule has 6 heteroatoms. The highest BCUT2D eigenvalue weighted by Gasteiger charge is 2.55. The molecule has 5 nitrogen and oxygen atoms in total. The Morgan fingerprint density at radius 2 is 0.780 bits per heavy atom. The van der Waals surface area contributed by atoms with Crippen LogP contribution in [0, 0.1) is 0 Å². The summed E-state index contributed by atoms with van der Waals surface area (Å²) in [6.45, 7) is 0. The van der Waals surface area contributed by atoms with Gasteiger partial charge in [0.1, 0.15) is 11.5 Å². The van der Waals surface area contributed by atoms with Gasteiger partial charge in [-0.3, -0.25) is 9.05 Å². The van der Waals surface area contributed by atoms with Crippen LogP contribution in [0.3, 0.4) is 0 Å². The molecule has 0 aromatic heterocycles. The lowest BCUT2D eigenvalue weighted by molar-refractivity contribution is 0.209. The summed E-state index contributed by atoms with van der Waals surface area (Å²) in [5.74, 6) is 3.13. The van der Waals surface area contributed by atoms with Gasteiger partial charge in [-0.25, -0.2) is 4.57 Å². The zero-order valence-corrected chi connectivity index (χ0v) is 28.8. The van der Waals surface area contributed by atoms with Gasteiger partial charge in [0, 0.05) is 83.8 Å².